The van der Waals surface area contributed by atoms with Crippen LogP contribution in [0, 0.1) is 37.0 Å². The summed E-state index contributed by atoms with van der Waals surface area (Å²) in [6, 6.07) is 0. The van der Waals surface area contributed by atoms with Crippen molar-refractivity contribution in [1.82, 2.24) is 0 Å². The molecule has 0 aromatic carbocycles. The first-order valence-electron chi connectivity index (χ1n) is 2.37. The maximum absolute atomic E-state index is 4.60. The third-order valence-corrected chi connectivity index (χ3v) is 0. The minimum atomic E-state index is 0. The Bertz CT molecular complexity index is 97.7. The summed E-state index contributed by atoms with van der Waals surface area (Å²) in [6.07, 6.45) is 13.8. The molecule has 0 spiro atoms. The van der Waals surface area contributed by atoms with Gasteiger partial charge in [0.15, 0.2) is 0 Å². The van der Waals surface area contributed by atoms with Crippen LogP contribution in [0.2, 0.25) is 0 Å². The minimum absolute atomic E-state index is 0. The van der Waals surface area contributed by atoms with E-state index in [1.165, 1.54) is 0 Å². The molecule has 0 aliphatic carbocycles. The van der Waals surface area contributed by atoms with Gasteiger partial charge < -0.3 is 0 Å². The molecular formula is C9H12Li. The number of rotatable bonds is 0. The third kappa shape index (κ3) is 549. The Morgan fingerprint density at radius 2 is 0.700 bits per heavy atom. The molecule has 0 heterocycles. The molecule has 0 rings (SSSR count). The summed E-state index contributed by atoms with van der Waals surface area (Å²) in [5.41, 5.74) is 0. The molecule has 0 fully saturated rings. The van der Waals surface area contributed by atoms with Crippen molar-refractivity contribution in [3.63, 3.8) is 0 Å². The zero-order valence-corrected chi connectivity index (χ0v) is 7.23. The Morgan fingerprint density at radius 1 is 0.700 bits per heavy atom. The van der Waals surface area contributed by atoms with E-state index in [0.29, 0.717) is 0 Å². The summed E-state index contributed by atoms with van der Waals surface area (Å²) in [7, 11) is 0. The van der Waals surface area contributed by atoms with Crippen molar-refractivity contribution in [2.45, 2.75) is 20.8 Å². The summed E-state index contributed by atoms with van der Waals surface area (Å²) >= 11 is 0. The Hall–Kier alpha value is -0.723. The summed E-state index contributed by atoms with van der Waals surface area (Å²) in [4.78, 5) is 0. The SMILES string of the molecule is C#CC.C#CC.C#CC.[Li]. The van der Waals surface area contributed by atoms with Crippen LogP contribution in [0.3, 0.4) is 0 Å². The molecule has 0 amide bonds. The van der Waals surface area contributed by atoms with Crippen molar-refractivity contribution in [3.8, 4) is 37.0 Å². The molecule has 1 radical (unpaired) electrons. The molecule has 10 heavy (non-hydrogen) atoms. The topological polar surface area (TPSA) is 0 Å². The largest absolute Gasteiger partial charge is 0.120 e. The first-order chi connectivity index (χ1) is 4.24. The van der Waals surface area contributed by atoms with E-state index in [9.17, 15) is 0 Å². The van der Waals surface area contributed by atoms with E-state index in [0.717, 1.165) is 0 Å². The average molecular weight is 127 g/mol. The first kappa shape index (κ1) is 22.8. The fourth-order valence-electron chi connectivity index (χ4n) is 0. The fraction of sp³-hybridized carbons (Fsp3) is 0.333. The molecule has 0 N–H and O–H groups in total. The van der Waals surface area contributed by atoms with Crippen molar-refractivity contribution >= 4 is 18.9 Å². The van der Waals surface area contributed by atoms with Crippen LogP contribution in [0.25, 0.3) is 0 Å². The normalized spacial score (nSPS) is 2.40. The predicted octanol–water partition coefficient (Wildman–Crippen LogP) is 1.54. The van der Waals surface area contributed by atoms with Crippen LogP contribution in [0.4, 0.5) is 0 Å². The van der Waals surface area contributed by atoms with Gasteiger partial charge in [-0.1, -0.05) is 0 Å². The number of hydrogen-bond acceptors (Lipinski definition) is 0. The Labute approximate surface area is 77.0 Å². The first-order valence-corrected chi connectivity index (χ1v) is 2.37. The van der Waals surface area contributed by atoms with E-state index < -0.39 is 0 Å². The average Bonchev–Trinajstić information content (AvgIpc) is 1.70. The van der Waals surface area contributed by atoms with Gasteiger partial charge in [-0.05, 0) is 20.8 Å². The van der Waals surface area contributed by atoms with Crippen LogP contribution < -0.4 is 0 Å². The molecule has 0 nitrogen and oxygen atoms in total. The second-order valence-corrected chi connectivity index (χ2v) is 0.866. The Balaban J connectivity index is -0.0000000257. The van der Waals surface area contributed by atoms with Gasteiger partial charge in [0.25, 0.3) is 0 Å². The number of hydrogen-bond donors (Lipinski definition) is 0. The third-order valence-electron chi connectivity index (χ3n) is 0. The van der Waals surface area contributed by atoms with Crippen molar-refractivity contribution in [2.24, 2.45) is 0 Å². The van der Waals surface area contributed by atoms with Gasteiger partial charge in [-0.15, -0.1) is 37.0 Å². The molecule has 0 atom stereocenters. The van der Waals surface area contributed by atoms with E-state index in [1.54, 1.807) is 20.8 Å². The monoisotopic (exact) mass is 127 g/mol. The summed E-state index contributed by atoms with van der Waals surface area (Å²) in [5.74, 6) is 6.75. The van der Waals surface area contributed by atoms with Crippen molar-refractivity contribution in [1.29, 1.82) is 0 Å². The molecular weight excluding hydrogens is 115 g/mol. The van der Waals surface area contributed by atoms with E-state index in [4.69, 9.17) is 0 Å². The standard InChI is InChI=1S/3C3H4.Li/c3*1-3-2;/h3*1H,2H3;. The maximum Gasteiger partial charge on any atom is 0 e. The van der Waals surface area contributed by atoms with Gasteiger partial charge in [-0.2, -0.15) is 0 Å². The van der Waals surface area contributed by atoms with Gasteiger partial charge in [0.2, 0.25) is 0 Å². The molecule has 0 saturated carbocycles. The molecule has 0 aromatic rings. The Morgan fingerprint density at radius 3 is 0.700 bits per heavy atom. The van der Waals surface area contributed by atoms with Gasteiger partial charge in [-0.25, -0.2) is 0 Å². The van der Waals surface area contributed by atoms with E-state index in [2.05, 4.69) is 37.0 Å². The van der Waals surface area contributed by atoms with E-state index >= 15 is 0 Å². The smallest absolute Gasteiger partial charge is 0 e. The summed E-state index contributed by atoms with van der Waals surface area (Å²) < 4.78 is 0. The van der Waals surface area contributed by atoms with Crippen LogP contribution in [0.1, 0.15) is 20.8 Å². The fourth-order valence-corrected chi connectivity index (χ4v) is 0. The molecule has 0 aromatic heterocycles. The van der Waals surface area contributed by atoms with Crippen LogP contribution in [0.5, 0.6) is 0 Å². The molecule has 0 aliphatic heterocycles. The van der Waals surface area contributed by atoms with Crippen LogP contribution in [0.15, 0.2) is 0 Å². The van der Waals surface area contributed by atoms with Crippen molar-refractivity contribution in [2.75, 3.05) is 0 Å². The van der Waals surface area contributed by atoms with Gasteiger partial charge >= 0.3 is 0 Å². The van der Waals surface area contributed by atoms with Crippen LogP contribution >= 0.6 is 0 Å². The van der Waals surface area contributed by atoms with Gasteiger partial charge in [0.05, 0.1) is 0 Å². The molecule has 0 aliphatic rings. The molecule has 49 valence electrons. The predicted molar refractivity (Wildman–Crippen MR) is 49.3 cm³/mol. The van der Waals surface area contributed by atoms with Crippen molar-refractivity contribution < 1.29 is 0 Å². The Kier molecular flexibility index (Phi) is 193. The molecule has 0 bridgehead atoms. The summed E-state index contributed by atoms with van der Waals surface area (Å²) in [5, 5.41) is 0. The molecule has 0 saturated heterocycles. The maximum atomic E-state index is 4.60. The van der Waals surface area contributed by atoms with Gasteiger partial charge in [-0.3, -0.25) is 0 Å². The molecule has 0 unspecified atom stereocenters. The minimum Gasteiger partial charge on any atom is -0.120 e. The van der Waals surface area contributed by atoms with E-state index in [-0.39, 0.29) is 18.9 Å². The van der Waals surface area contributed by atoms with Crippen LogP contribution in [-0.2, 0) is 0 Å². The summed E-state index contributed by atoms with van der Waals surface area (Å²) in [6.45, 7) is 4.96. The van der Waals surface area contributed by atoms with Gasteiger partial charge in [0, 0.05) is 18.9 Å². The second kappa shape index (κ2) is 84.5. The van der Waals surface area contributed by atoms with Crippen molar-refractivity contribution in [3.05, 3.63) is 0 Å². The zero-order valence-electron chi connectivity index (χ0n) is 7.23. The number of terminal acetylenes is 3. The zero-order chi connectivity index (χ0) is 8.12. The van der Waals surface area contributed by atoms with Crippen LogP contribution in [-0.4, -0.2) is 18.9 Å². The van der Waals surface area contributed by atoms with E-state index in [1.807, 2.05) is 0 Å². The quantitative estimate of drug-likeness (QED) is 0.342. The second-order valence-electron chi connectivity index (χ2n) is 0.866. The van der Waals surface area contributed by atoms with Gasteiger partial charge in [0.1, 0.15) is 0 Å². The molecule has 1 heteroatoms.